The number of carbonyl (C=O) groups is 1. The maximum atomic E-state index is 12.2. The van der Waals surface area contributed by atoms with Crippen LogP contribution in [0.4, 0.5) is 0 Å². The topological polar surface area (TPSA) is 59.2 Å². The summed E-state index contributed by atoms with van der Waals surface area (Å²) in [5.41, 5.74) is 3.01. The van der Waals surface area contributed by atoms with Gasteiger partial charge in [-0.3, -0.25) is 9.59 Å². The van der Waals surface area contributed by atoms with E-state index < -0.39 is 5.92 Å². The fraction of sp³-hybridized carbons (Fsp3) is 0.294. The molecule has 1 aromatic carbocycles. The lowest BCUT2D eigenvalue weighted by Gasteiger charge is -2.17. The summed E-state index contributed by atoms with van der Waals surface area (Å²) in [5, 5.41) is 0. The third-order valence-corrected chi connectivity index (χ3v) is 3.73. The molecule has 0 spiro atoms. The second-order valence-electron chi connectivity index (χ2n) is 4.92. The van der Waals surface area contributed by atoms with Crippen molar-refractivity contribution in [1.29, 1.82) is 0 Å². The summed E-state index contributed by atoms with van der Waals surface area (Å²) >= 11 is 0. The van der Waals surface area contributed by atoms with Crippen LogP contribution in [0, 0.1) is 6.92 Å². The van der Waals surface area contributed by atoms with Gasteiger partial charge in [-0.15, -0.1) is 0 Å². The summed E-state index contributed by atoms with van der Waals surface area (Å²) in [4.78, 5) is 26.8. The van der Waals surface area contributed by atoms with Crippen LogP contribution in [0.15, 0.2) is 41.3 Å². The molecule has 0 aliphatic heterocycles. The lowest BCUT2D eigenvalue weighted by atomic mass is 9.90. The van der Waals surface area contributed by atoms with Crippen molar-refractivity contribution >= 4 is 5.97 Å². The lowest BCUT2D eigenvalue weighted by Crippen LogP contribution is -2.24. The minimum absolute atomic E-state index is 0.232. The highest BCUT2D eigenvalue weighted by Crippen LogP contribution is 2.28. The number of nitrogens with one attached hydrogen (secondary N) is 1. The number of carbonyl (C=O) groups excluding carboxylic acids is 1. The van der Waals surface area contributed by atoms with Crippen LogP contribution < -0.4 is 5.56 Å². The fourth-order valence-corrected chi connectivity index (χ4v) is 2.61. The molecule has 0 saturated heterocycles. The van der Waals surface area contributed by atoms with Crippen molar-refractivity contribution in [2.45, 2.75) is 26.2 Å². The van der Waals surface area contributed by atoms with Gasteiger partial charge in [-0.2, -0.15) is 0 Å². The summed E-state index contributed by atoms with van der Waals surface area (Å²) < 4.78 is 4.82. The highest BCUT2D eigenvalue weighted by atomic mass is 16.5. The van der Waals surface area contributed by atoms with Crippen LogP contribution >= 0.6 is 0 Å². The zero-order valence-electron chi connectivity index (χ0n) is 12.5. The van der Waals surface area contributed by atoms with E-state index >= 15 is 0 Å². The molecular formula is C17H19NO3. The van der Waals surface area contributed by atoms with Crippen molar-refractivity contribution in [3.8, 4) is 11.1 Å². The van der Waals surface area contributed by atoms with E-state index in [1.165, 1.54) is 7.11 Å². The molecule has 0 aliphatic rings. The van der Waals surface area contributed by atoms with Crippen LogP contribution in [-0.2, 0) is 9.53 Å². The number of rotatable bonds is 4. The summed E-state index contributed by atoms with van der Waals surface area (Å²) in [6.07, 6.45) is 2.22. The highest BCUT2D eigenvalue weighted by molar-refractivity contribution is 5.80. The molecule has 1 aromatic heterocycles. The number of pyridine rings is 1. The van der Waals surface area contributed by atoms with Crippen molar-refractivity contribution in [3.05, 3.63) is 58.0 Å². The zero-order valence-corrected chi connectivity index (χ0v) is 12.5. The first kappa shape index (κ1) is 15.0. The first-order valence-electron chi connectivity index (χ1n) is 6.95. The standard InChI is InChI=1S/C17H19NO3/c1-4-13(17(20)21-3)15-11(2)14(10-18-16(15)19)12-8-6-5-7-9-12/h5-10,13H,4H2,1-3H3,(H,18,19). The van der Waals surface area contributed by atoms with Gasteiger partial charge in [0.05, 0.1) is 13.0 Å². The number of esters is 1. The van der Waals surface area contributed by atoms with Gasteiger partial charge in [0.1, 0.15) is 0 Å². The molecule has 0 aliphatic carbocycles. The Hall–Kier alpha value is -2.36. The molecule has 0 fully saturated rings. The minimum atomic E-state index is -0.539. The average molecular weight is 285 g/mol. The number of ether oxygens (including phenoxy) is 1. The number of methoxy groups -OCH3 is 1. The summed E-state index contributed by atoms with van der Waals surface area (Å²) in [6, 6.07) is 9.77. The van der Waals surface area contributed by atoms with Gasteiger partial charge in [0.15, 0.2) is 0 Å². The number of aromatic nitrogens is 1. The molecule has 4 heteroatoms. The van der Waals surface area contributed by atoms with Crippen molar-refractivity contribution in [3.63, 3.8) is 0 Å². The Bertz CT molecular complexity index is 689. The van der Waals surface area contributed by atoms with E-state index in [4.69, 9.17) is 4.74 Å². The third kappa shape index (κ3) is 2.89. The van der Waals surface area contributed by atoms with Gasteiger partial charge in [0, 0.05) is 17.3 Å². The first-order valence-corrected chi connectivity index (χ1v) is 6.95. The first-order chi connectivity index (χ1) is 10.1. The normalized spacial score (nSPS) is 12.0. The Morgan fingerprint density at radius 1 is 1.29 bits per heavy atom. The number of aromatic amines is 1. The van der Waals surface area contributed by atoms with Gasteiger partial charge in [-0.05, 0) is 24.5 Å². The van der Waals surface area contributed by atoms with E-state index in [0.717, 1.165) is 16.7 Å². The molecule has 0 saturated carbocycles. The van der Waals surface area contributed by atoms with Gasteiger partial charge in [-0.1, -0.05) is 37.3 Å². The second-order valence-corrected chi connectivity index (χ2v) is 4.92. The van der Waals surface area contributed by atoms with Crippen molar-refractivity contribution < 1.29 is 9.53 Å². The predicted octanol–water partition coefficient (Wildman–Crippen LogP) is 3.02. The molecule has 0 bridgehead atoms. The molecule has 21 heavy (non-hydrogen) atoms. The van der Waals surface area contributed by atoms with Gasteiger partial charge in [-0.25, -0.2) is 0 Å². The molecule has 2 aromatic rings. The van der Waals surface area contributed by atoms with Crippen LogP contribution in [0.3, 0.4) is 0 Å². The SMILES string of the molecule is CCC(C(=O)OC)c1c(C)c(-c2ccccc2)c[nH]c1=O. The minimum Gasteiger partial charge on any atom is -0.469 e. The molecular weight excluding hydrogens is 266 g/mol. The Morgan fingerprint density at radius 2 is 1.95 bits per heavy atom. The Labute approximate surface area is 123 Å². The second kappa shape index (κ2) is 6.39. The average Bonchev–Trinajstić information content (AvgIpc) is 2.51. The maximum absolute atomic E-state index is 12.2. The van der Waals surface area contributed by atoms with E-state index in [-0.39, 0.29) is 11.5 Å². The number of hydrogen-bond acceptors (Lipinski definition) is 3. The summed E-state index contributed by atoms with van der Waals surface area (Å²) in [6.45, 7) is 3.74. The Kier molecular flexibility index (Phi) is 4.58. The van der Waals surface area contributed by atoms with E-state index in [0.29, 0.717) is 12.0 Å². The molecule has 1 unspecified atom stereocenters. The Balaban J connectivity index is 2.62. The Morgan fingerprint density at radius 3 is 2.52 bits per heavy atom. The van der Waals surface area contributed by atoms with Crippen molar-refractivity contribution in [2.75, 3.05) is 7.11 Å². The van der Waals surface area contributed by atoms with Crippen LogP contribution in [0.25, 0.3) is 11.1 Å². The molecule has 4 nitrogen and oxygen atoms in total. The smallest absolute Gasteiger partial charge is 0.313 e. The quantitative estimate of drug-likeness (QED) is 0.878. The van der Waals surface area contributed by atoms with Crippen molar-refractivity contribution in [2.24, 2.45) is 0 Å². The van der Waals surface area contributed by atoms with Crippen LogP contribution in [-0.4, -0.2) is 18.1 Å². The van der Waals surface area contributed by atoms with Crippen LogP contribution in [0.5, 0.6) is 0 Å². The molecule has 1 heterocycles. The summed E-state index contributed by atoms with van der Waals surface area (Å²) in [5.74, 6) is -0.918. The van der Waals surface area contributed by atoms with Gasteiger partial charge >= 0.3 is 5.97 Å². The molecule has 0 radical (unpaired) electrons. The molecule has 110 valence electrons. The predicted molar refractivity (Wildman–Crippen MR) is 82.3 cm³/mol. The monoisotopic (exact) mass is 285 g/mol. The summed E-state index contributed by atoms with van der Waals surface area (Å²) in [7, 11) is 1.34. The number of benzene rings is 1. The van der Waals surface area contributed by atoms with E-state index in [1.807, 2.05) is 44.2 Å². The van der Waals surface area contributed by atoms with E-state index in [9.17, 15) is 9.59 Å². The van der Waals surface area contributed by atoms with Gasteiger partial charge < -0.3 is 9.72 Å². The van der Waals surface area contributed by atoms with Crippen LogP contribution in [0.2, 0.25) is 0 Å². The molecule has 2 rings (SSSR count). The van der Waals surface area contributed by atoms with E-state index in [1.54, 1.807) is 6.20 Å². The van der Waals surface area contributed by atoms with Crippen LogP contribution in [0.1, 0.15) is 30.4 Å². The van der Waals surface area contributed by atoms with Crippen molar-refractivity contribution in [1.82, 2.24) is 4.98 Å². The number of hydrogen-bond donors (Lipinski definition) is 1. The molecule has 0 amide bonds. The highest BCUT2D eigenvalue weighted by Gasteiger charge is 2.25. The van der Waals surface area contributed by atoms with Gasteiger partial charge in [0.2, 0.25) is 0 Å². The van der Waals surface area contributed by atoms with Gasteiger partial charge in [0.25, 0.3) is 5.56 Å². The zero-order chi connectivity index (χ0) is 15.4. The third-order valence-electron chi connectivity index (χ3n) is 3.73. The molecule has 1 N–H and O–H groups in total. The lowest BCUT2D eigenvalue weighted by molar-refractivity contribution is -0.142. The molecule has 1 atom stereocenters. The maximum Gasteiger partial charge on any atom is 0.313 e. The van der Waals surface area contributed by atoms with E-state index in [2.05, 4.69) is 4.98 Å². The fourth-order valence-electron chi connectivity index (χ4n) is 2.61. The number of H-pyrrole nitrogens is 1. The largest absolute Gasteiger partial charge is 0.469 e.